The maximum absolute atomic E-state index is 12.5. The van der Waals surface area contributed by atoms with Gasteiger partial charge >= 0.3 is 11.9 Å². The molecule has 1 N–H and O–H groups in total. The molecule has 0 rings (SSSR count). The van der Waals surface area contributed by atoms with Crippen LogP contribution < -0.4 is 0 Å². The average molecular weight is 228 g/mol. The largest absolute Gasteiger partial charge is 0.477 e. The van der Waals surface area contributed by atoms with E-state index in [1.165, 1.54) is 0 Å². The molecule has 0 aromatic heterocycles. The number of aliphatic carboxylic acids is 1. The van der Waals surface area contributed by atoms with Crippen molar-refractivity contribution in [2.24, 2.45) is 0 Å². The van der Waals surface area contributed by atoms with E-state index >= 15 is 0 Å². The minimum absolute atomic E-state index is 0.150. The Balaban J connectivity index is 3.88. The van der Waals surface area contributed by atoms with Crippen molar-refractivity contribution >= 4 is 16.8 Å². The van der Waals surface area contributed by atoms with Gasteiger partial charge in [0.05, 0.1) is 5.75 Å². The summed E-state index contributed by atoms with van der Waals surface area (Å²) in [6.45, 7) is 1.94. The highest BCUT2D eigenvalue weighted by Gasteiger charge is 2.40. The SMILES string of the molecule is CCCCCS(=O)CC(F)(F)C(=O)O. The number of carboxylic acid groups (broad SMARTS) is 1. The lowest BCUT2D eigenvalue weighted by molar-refractivity contribution is -0.161. The lowest BCUT2D eigenvalue weighted by Gasteiger charge is -2.09. The van der Waals surface area contributed by atoms with Gasteiger partial charge in [0, 0.05) is 16.6 Å². The summed E-state index contributed by atoms with van der Waals surface area (Å²) in [6, 6.07) is 0. The van der Waals surface area contributed by atoms with Crippen molar-refractivity contribution in [1.29, 1.82) is 0 Å². The van der Waals surface area contributed by atoms with Gasteiger partial charge in [-0.05, 0) is 6.42 Å². The average Bonchev–Trinajstić information content (AvgIpc) is 2.03. The molecule has 3 nitrogen and oxygen atoms in total. The lowest BCUT2D eigenvalue weighted by atomic mass is 10.3. The second-order valence-electron chi connectivity index (χ2n) is 3.00. The summed E-state index contributed by atoms with van der Waals surface area (Å²) < 4.78 is 36.0. The monoisotopic (exact) mass is 228 g/mol. The Morgan fingerprint density at radius 3 is 2.43 bits per heavy atom. The maximum atomic E-state index is 12.5. The molecule has 0 fully saturated rings. The first-order valence-electron chi connectivity index (χ1n) is 4.36. The minimum atomic E-state index is -3.86. The molecule has 1 unspecified atom stereocenters. The van der Waals surface area contributed by atoms with Crippen molar-refractivity contribution < 1.29 is 22.9 Å². The summed E-state index contributed by atoms with van der Waals surface area (Å²) in [6.07, 6.45) is 2.33. The number of alkyl halides is 2. The summed E-state index contributed by atoms with van der Waals surface area (Å²) in [4.78, 5) is 10.0. The van der Waals surface area contributed by atoms with Crippen molar-refractivity contribution in [2.75, 3.05) is 11.5 Å². The Labute approximate surface area is 84.0 Å². The molecular formula is C8H14F2O3S. The van der Waals surface area contributed by atoms with Gasteiger partial charge in [-0.25, -0.2) is 4.79 Å². The number of rotatable bonds is 7. The quantitative estimate of drug-likeness (QED) is 0.674. The third-order valence-corrected chi connectivity index (χ3v) is 3.06. The zero-order valence-corrected chi connectivity index (χ0v) is 8.78. The smallest absolute Gasteiger partial charge is 0.375 e. The van der Waals surface area contributed by atoms with Gasteiger partial charge in [0.1, 0.15) is 0 Å². The Morgan fingerprint density at radius 2 is 2.00 bits per heavy atom. The first-order chi connectivity index (χ1) is 6.40. The summed E-state index contributed by atoms with van der Waals surface area (Å²) >= 11 is 0. The standard InChI is InChI=1S/C8H14F2O3S/c1-2-3-4-5-14(13)6-8(9,10)7(11)12/h2-6H2,1H3,(H,11,12). The molecule has 0 aliphatic carbocycles. The van der Waals surface area contributed by atoms with Crippen molar-refractivity contribution in [1.82, 2.24) is 0 Å². The fourth-order valence-electron chi connectivity index (χ4n) is 0.849. The van der Waals surface area contributed by atoms with Gasteiger partial charge < -0.3 is 5.11 Å². The third-order valence-electron chi connectivity index (χ3n) is 1.63. The summed E-state index contributed by atoms with van der Waals surface area (Å²) in [5, 5.41) is 8.08. The molecule has 0 aromatic rings. The van der Waals surface area contributed by atoms with Crippen LogP contribution in [0.2, 0.25) is 0 Å². The minimum Gasteiger partial charge on any atom is -0.477 e. The molecule has 0 bridgehead atoms. The molecule has 6 heteroatoms. The second kappa shape index (κ2) is 6.06. The van der Waals surface area contributed by atoms with E-state index in [9.17, 15) is 17.8 Å². The van der Waals surface area contributed by atoms with Crippen molar-refractivity contribution in [3.05, 3.63) is 0 Å². The van der Waals surface area contributed by atoms with Crippen LogP contribution in [0.4, 0.5) is 8.78 Å². The van der Waals surface area contributed by atoms with Crippen LogP contribution >= 0.6 is 0 Å². The maximum Gasteiger partial charge on any atom is 0.375 e. The number of hydrogen-bond acceptors (Lipinski definition) is 2. The molecule has 0 aliphatic heterocycles. The molecule has 0 saturated carbocycles. The van der Waals surface area contributed by atoms with Crippen LogP contribution in [0, 0.1) is 0 Å². The lowest BCUT2D eigenvalue weighted by Crippen LogP contribution is -2.35. The number of halogens is 2. The molecule has 0 radical (unpaired) electrons. The van der Waals surface area contributed by atoms with E-state index in [1.54, 1.807) is 0 Å². The van der Waals surface area contributed by atoms with E-state index in [2.05, 4.69) is 0 Å². The zero-order chi connectivity index (χ0) is 11.2. The van der Waals surface area contributed by atoms with Crippen LogP contribution in [-0.2, 0) is 15.6 Å². The molecule has 84 valence electrons. The van der Waals surface area contributed by atoms with E-state index in [0.717, 1.165) is 12.8 Å². The van der Waals surface area contributed by atoms with E-state index in [0.29, 0.717) is 6.42 Å². The predicted octanol–water partition coefficient (Wildman–Crippen LogP) is 1.65. The van der Waals surface area contributed by atoms with Gasteiger partial charge in [-0.2, -0.15) is 8.78 Å². The van der Waals surface area contributed by atoms with Gasteiger partial charge in [-0.15, -0.1) is 0 Å². The van der Waals surface area contributed by atoms with Gasteiger partial charge in [0.15, 0.2) is 0 Å². The molecular weight excluding hydrogens is 214 g/mol. The van der Waals surface area contributed by atoms with Gasteiger partial charge in [0.25, 0.3) is 0 Å². The fourth-order valence-corrected chi connectivity index (χ4v) is 2.05. The molecule has 0 aliphatic rings. The topological polar surface area (TPSA) is 54.4 Å². The Morgan fingerprint density at radius 1 is 1.43 bits per heavy atom. The van der Waals surface area contributed by atoms with Gasteiger partial charge in [-0.3, -0.25) is 4.21 Å². The molecule has 1 atom stereocenters. The highest BCUT2D eigenvalue weighted by molar-refractivity contribution is 7.85. The van der Waals surface area contributed by atoms with E-state index in [-0.39, 0.29) is 5.75 Å². The fraction of sp³-hybridized carbons (Fsp3) is 0.875. The van der Waals surface area contributed by atoms with Crippen LogP contribution in [0.15, 0.2) is 0 Å². The number of hydrogen-bond donors (Lipinski definition) is 1. The molecule has 0 saturated heterocycles. The van der Waals surface area contributed by atoms with Crippen molar-refractivity contribution in [2.45, 2.75) is 32.1 Å². The number of carbonyl (C=O) groups is 1. The van der Waals surface area contributed by atoms with Crippen molar-refractivity contribution in [3.63, 3.8) is 0 Å². The second-order valence-corrected chi connectivity index (χ2v) is 4.58. The summed E-state index contributed by atoms with van der Waals surface area (Å²) in [5.41, 5.74) is 0. The van der Waals surface area contributed by atoms with Crippen LogP contribution in [-0.4, -0.2) is 32.7 Å². The highest BCUT2D eigenvalue weighted by atomic mass is 32.2. The van der Waals surface area contributed by atoms with Crippen LogP contribution in [0.25, 0.3) is 0 Å². The van der Waals surface area contributed by atoms with Crippen LogP contribution in [0.1, 0.15) is 26.2 Å². The Bertz CT molecular complexity index is 219. The first-order valence-corrected chi connectivity index (χ1v) is 5.85. The Kier molecular flexibility index (Phi) is 5.83. The first kappa shape index (κ1) is 13.5. The molecule has 0 heterocycles. The summed E-state index contributed by atoms with van der Waals surface area (Å²) in [7, 11) is -1.74. The van der Waals surface area contributed by atoms with E-state index in [4.69, 9.17) is 5.11 Å². The predicted molar refractivity (Wildman–Crippen MR) is 50.0 cm³/mol. The van der Waals surface area contributed by atoms with E-state index < -0.39 is 28.4 Å². The third kappa shape index (κ3) is 5.26. The zero-order valence-electron chi connectivity index (χ0n) is 7.96. The molecule has 14 heavy (non-hydrogen) atoms. The number of unbranched alkanes of at least 4 members (excludes halogenated alkanes) is 2. The van der Waals surface area contributed by atoms with E-state index in [1.807, 2.05) is 6.92 Å². The van der Waals surface area contributed by atoms with Gasteiger partial charge in [-0.1, -0.05) is 19.8 Å². The normalized spacial score (nSPS) is 13.9. The number of carboxylic acids is 1. The summed E-state index contributed by atoms with van der Waals surface area (Å²) in [5.74, 6) is -7.00. The van der Waals surface area contributed by atoms with Crippen LogP contribution in [0.3, 0.4) is 0 Å². The molecule has 0 aromatic carbocycles. The Hall–Kier alpha value is -0.520. The molecule has 0 amide bonds. The van der Waals surface area contributed by atoms with Gasteiger partial charge in [0.2, 0.25) is 0 Å². The van der Waals surface area contributed by atoms with Crippen molar-refractivity contribution in [3.8, 4) is 0 Å². The van der Waals surface area contributed by atoms with Crippen LogP contribution in [0.5, 0.6) is 0 Å². The molecule has 0 spiro atoms. The highest BCUT2D eigenvalue weighted by Crippen LogP contribution is 2.15.